The summed E-state index contributed by atoms with van der Waals surface area (Å²) in [7, 11) is -3.89. The molecule has 9 heteroatoms. The van der Waals surface area contributed by atoms with Gasteiger partial charge in [0.05, 0.1) is 15.6 Å². The summed E-state index contributed by atoms with van der Waals surface area (Å²) >= 11 is 12.1. The predicted molar refractivity (Wildman–Crippen MR) is 109 cm³/mol. The number of sulfonamides is 1. The van der Waals surface area contributed by atoms with Crippen molar-refractivity contribution in [1.82, 2.24) is 4.72 Å². The Kier molecular flexibility index (Phi) is 8.12. The topological polar surface area (TPSA) is 81.7 Å². The number of carbonyl (C=O) groups excluding carboxylic acids is 1. The standard InChI is InChI=1S/C19H21Cl2NO5S/c1-13(2)12-22-28(24,25)18-10-15(16(20)11-17(18)21)19(23)27-9-8-26-14-6-4-3-5-7-14/h3-7,10-11,13,22H,8-9,12H2,1-2H3. The SMILES string of the molecule is CC(C)CNS(=O)(=O)c1cc(C(=O)OCCOc2ccccc2)c(Cl)cc1Cl. The van der Waals surface area contributed by atoms with Gasteiger partial charge in [0, 0.05) is 6.54 Å². The van der Waals surface area contributed by atoms with Gasteiger partial charge in [0.2, 0.25) is 10.0 Å². The minimum Gasteiger partial charge on any atom is -0.490 e. The van der Waals surface area contributed by atoms with Gasteiger partial charge in [-0.2, -0.15) is 0 Å². The fourth-order valence-corrected chi connectivity index (χ4v) is 4.20. The molecule has 0 heterocycles. The van der Waals surface area contributed by atoms with E-state index in [9.17, 15) is 13.2 Å². The molecule has 152 valence electrons. The predicted octanol–water partition coefficient (Wildman–Crippen LogP) is 4.16. The van der Waals surface area contributed by atoms with E-state index in [4.69, 9.17) is 32.7 Å². The van der Waals surface area contributed by atoms with Crippen molar-refractivity contribution in [2.24, 2.45) is 5.92 Å². The molecule has 0 amide bonds. The summed E-state index contributed by atoms with van der Waals surface area (Å²) < 4.78 is 37.9. The van der Waals surface area contributed by atoms with Crippen LogP contribution in [0.4, 0.5) is 0 Å². The van der Waals surface area contributed by atoms with Crippen LogP contribution in [-0.2, 0) is 14.8 Å². The number of rotatable bonds is 9. The lowest BCUT2D eigenvalue weighted by molar-refractivity contribution is 0.0450. The zero-order valence-corrected chi connectivity index (χ0v) is 17.8. The maximum Gasteiger partial charge on any atom is 0.339 e. The van der Waals surface area contributed by atoms with E-state index in [-0.39, 0.29) is 46.2 Å². The van der Waals surface area contributed by atoms with Crippen molar-refractivity contribution < 1.29 is 22.7 Å². The molecule has 2 aromatic carbocycles. The van der Waals surface area contributed by atoms with E-state index in [0.717, 1.165) is 6.07 Å². The van der Waals surface area contributed by atoms with Gasteiger partial charge in [-0.05, 0) is 30.2 Å². The molecule has 0 aliphatic carbocycles. The van der Waals surface area contributed by atoms with Crippen molar-refractivity contribution >= 4 is 39.2 Å². The first-order valence-corrected chi connectivity index (χ1v) is 10.8. The Balaban J connectivity index is 2.06. The molecular weight excluding hydrogens is 425 g/mol. The first kappa shape index (κ1) is 22.5. The zero-order valence-electron chi connectivity index (χ0n) is 15.4. The van der Waals surface area contributed by atoms with E-state index in [1.807, 2.05) is 32.0 Å². The lowest BCUT2D eigenvalue weighted by atomic mass is 10.2. The molecule has 1 N–H and O–H groups in total. The molecule has 0 aromatic heterocycles. The number of carbonyl (C=O) groups is 1. The van der Waals surface area contributed by atoms with Crippen LogP contribution in [0.25, 0.3) is 0 Å². The number of hydrogen-bond acceptors (Lipinski definition) is 5. The first-order chi connectivity index (χ1) is 13.2. The first-order valence-electron chi connectivity index (χ1n) is 8.54. The third-order valence-electron chi connectivity index (χ3n) is 3.54. The van der Waals surface area contributed by atoms with E-state index >= 15 is 0 Å². The lowest BCUT2D eigenvalue weighted by Gasteiger charge is -2.13. The van der Waals surface area contributed by atoms with Crippen molar-refractivity contribution in [3.8, 4) is 5.75 Å². The van der Waals surface area contributed by atoms with Crippen LogP contribution < -0.4 is 9.46 Å². The summed E-state index contributed by atoms with van der Waals surface area (Å²) in [6.07, 6.45) is 0. The fourth-order valence-electron chi connectivity index (χ4n) is 2.13. The van der Waals surface area contributed by atoms with Gasteiger partial charge in [-0.25, -0.2) is 17.9 Å². The monoisotopic (exact) mass is 445 g/mol. The highest BCUT2D eigenvalue weighted by Gasteiger charge is 2.23. The molecular formula is C19H21Cl2NO5S. The minimum absolute atomic E-state index is 0.00165. The summed E-state index contributed by atoms with van der Waals surface area (Å²) in [4.78, 5) is 12.1. The number of nitrogens with one attached hydrogen (secondary N) is 1. The molecule has 2 aromatic rings. The Morgan fingerprint density at radius 2 is 1.75 bits per heavy atom. The molecule has 0 unspecified atom stereocenters. The summed E-state index contributed by atoms with van der Waals surface area (Å²) in [5.74, 6) is -0.0128. The summed E-state index contributed by atoms with van der Waals surface area (Å²) in [6, 6.07) is 11.4. The Bertz CT molecular complexity index is 917. The summed E-state index contributed by atoms with van der Waals surface area (Å²) in [5.41, 5.74) is -0.0873. The van der Waals surface area contributed by atoms with E-state index in [2.05, 4.69) is 4.72 Å². The van der Waals surface area contributed by atoms with Gasteiger partial charge >= 0.3 is 5.97 Å². The van der Waals surface area contributed by atoms with Gasteiger partial charge in [-0.3, -0.25) is 0 Å². The Morgan fingerprint density at radius 1 is 1.07 bits per heavy atom. The number of hydrogen-bond donors (Lipinski definition) is 1. The summed E-state index contributed by atoms with van der Waals surface area (Å²) in [6.45, 7) is 4.08. The largest absolute Gasteiger partial charge is 0.490 e. The third kappa shape index (κ3) is 6.38. The Hall–Kier alpha value is -1.80. The van der Waals surface area contributed by atoms with Crippen LogP contribution in [0.2, 0.25) is 10.0 Å². The molecule has 0 aliphatic heterocycles. The van der Waals surface area contributed by atoms with E-state index < -0.39 is 16.0 Å². The van der Waals surface area contributed by atoms with Crippen LogP contribution in [0.3, 0.4) is 0 Å². The van der Waals surface area contributed by atoms with Gasteiger partial charge in [-0.15, -0.1) is 0 Å². The second-order valence-electron chi connectivity index (χ2n) is 6.31. The average molecular weight is 446 g/mol. The van der Waals surface area contributed by atoms with Gasteiger partial charge < -0.3 is 9.47 Å². The molecule has 0 spiro atoms. The van der Waals surface area contributed by atoms with Gasteiger partial charge in [0.15, 0.2) is 0 Å². The van der Waals surface area contributed by atoms with Gasteiger partial charge in [0.25, 0.3) is 0 Å². The second kappa shape index (κ2) is 10.1. The minimum atomic E-state index is -3.89. The molecule has 2 rings (SSSR count). The fraction of sp³-hybridized carbons (Fsp3) is 0.316. The zero-order chi connectivity index (χ0) is 20.7. The highest BCUT2D eigenvalue weighted by Crippen LogP contribution is 2.29. The number of esters is 1. The van der Waals surface area contributed by atoms with Crippen molar-refractivity contribution in [2.75, 3.05) is 19.8 Å². The van der Waals surface area contributed by atoms with Crippen LogP contribution in [0, 0.1) is 5.92 Å². The molecule has 0 saturated heterocycles. The normalized spacial score (nSPS) is 11.5. The average Bonchev–Trinajstić information content (AvgIpc) is 2.64. The van der Waals surface area contributed by atoms with E-state index in [1.165, 1.54) is 6.07 Å². The van der Waals surface area contributed by atoms with Gasteiger partial charge in [0.1, 0.15) is 23.9 Å². The van der Waals surface area contributed by atoms with Crippen LogP contribution in [0.15, 0.2) is 47.4 Å². The van der Waals surface area contributed by atoms with Crippen molar-refractivity contribution in [2.45, 2.75) is 18.7 Å². The van der Waals surface area contributed by atoms with E-state index in [0.29, 0.717) is 5.75 Å². The maximum absolute atomic E-state index is 12.5. The third-order valence-corrected chi connectivity index (χ3v) is 5.74. The molecule has 0 radical (unpaired) electrons. The molecule has 0 fully saturated rings. The maximum atomic E-state index is 12.5. The van der Waals surface area contributed by atoms with Crippen LogP contribution in [0.5, 0.6) is 5.75 Å². The van der Waals surface area contributed by atoms with Crippen molar-refractivity contribution in [3.63, 3.8) is 0 Å². The Labute approximate surface area is 174 Å². The molecule has 6 nitrogen and oxygen atoms in total. The number of benzene rings is 2. The molecule has 0 aliphatic rings. The van der Waals surface area contributed by atoms with Crippen molar-refractivity contribution in [3.05, 3.63) is 58.1 Å². The highest BCUT2D eigenvalue weighted by molar-refractivity contribution is 7.89. The van der Waals surface area contributed by atoms with Crippen LogP contribution >= 0.6 is 23.2 Å². The number of halogens is 2. The van der Waals surface area contributed by atoms with Crippen LogP contribution in [0.1, 0.15) is 24.2 Å². The lowest BCUT2D eigenvalue weighted by Crippen LogP contribution is -2.28. The van der Waals surface area contributed by atoms with Crippen molar-refractivity contribution in [1.29, 1.82) is 0 Å². The van der Waals surface area contributed by atoms with Gasteiger partial charge in [-0.1, -0.05) is 55.2 Å². The highest BCUT2D eigenvalue weighted by atomic mass is 35.5. The molecule has 28 heavy (non-hydrogen) atoms. The summed E-state index contributed by atoms with van der Waals surface area (Å²) in [5, 5.41) is -0.0768. The molecule has 0 saturated carbocycles. The van der Waals surface area contributed by atoms with E-state index in [1.54, 1.807) is 12.1 Å². The number of ether oxygens (including phenoxy) is 2. The molecule has 0 bridgehead atoms. The molecule has 0 atom stereocenters. The van der Waals surface area contributed by atoms with Crippen LogP contribution in [-0.4, -0.2) is 34.1 Å². The smallest absolute Gasteiger partial charge is 0.339 e. The quantitative estimate of drug-likeness (QED) is 0.462. The second-order valence-corrected chi connectivity index (χ2v) is 8.86. The Morgan fingerprint density at radius 3 is 2.39 bits per heavy atom. The number of para-hydroxylation sites is 1.